The predicted octanol–water partition coefficient (Wildman–Crippen LogP) is 5.62. The molecule has 2 amide bonds. The van der Waals surface area contributed by atoms with E-state index in [0.717, 1.165) is 16.1 Å². The summed E-state index contributed by atoms with van der Waals surface area (Å²) < 4.78 is 26.9. The molecule has 3 aromatic carbocycles. The molecule has 2 atom stereocenters. The number of amides is 2. The van der Waals surface area contributed by atoms with Crippen LogP contribution in [-0.2, 0) is 32.6 Å². The van der Waals surface area contributed by atoms with Gasteiger partial charge in [-0.3, -0.25) is 13.9 Å². The molecule has 0 fully saturated rings. The van der Waals surface area contributed by atoms with E-state index in [1.807, 2.05) is 44.2 Å². The Morgan fingerprint density at radius 1 is 0.925 bits per heavy atom. The summed E-state index contributed by atoms with van der Waals surface area (Å²) in [6, 6.07) is 20.3. The lowest BCUT2D eigenvalue weighted by molar-refractivity contribution is -0.140. The van der Waals surface area contributed by atoms with Gasteiger partial charge in [0.25, 0.3) is 0 Å². The summed E-state index contributed by atoms with van der Waals surface area (Å²) in [6.07, 6.45) is 1.97. The van der Waals surface area contributed by atoms with E-state index in [0.29, 0.717) is 33.3 Å². The van der Waals surface area contributed by atoms with Crippen LogP contribution in [0.3, 0.4) is 0 Å². The Kier molecular flexibility index (Phi) is 11.0. The van der Waals surface area contributed by atoms with Crippen molar-refractivity contribution in [3.05, 3.63) is 99.5 Å². The number of benzene rings is 3. The van der Waals surface area contributed by atoms with Crippen molar-refractivity contribution in [3.63, 3.8) is 0 Å². The van der Waals surface area contributed by atoms with Gasteiger partial charge in [-0.05, 0) is 55.2 Å². The number of nitrogens with one attached hydrogen (secondary N) is 1. The summed E-state index contributed by atoms with van der Waals surface area (Å²) in [4.78, 5) is 29.3. The summed E-state index contributed by atoms with van der Waals surface area (Å²) in [5, 5.41) is 3.82. The molecule has 3 rings (SSSR count). The van der Waals surface area contributed by atoms with Crippen molar-refractivity contribution in [2.24, 2.45) is 0 Å². The van der Waals surface area contributed by atoms with Gasteiger partial charge in [0.1, 0.15) is 12.6 Å². The first-order valence-electron chi connectivity index (χ1n) is 13.0. The second-order valence-corrected chi connectivity index (χ2v) is 12.5. The van der Waals surface area contributed by atoms with Crippen molar-refractivity contribution in [2.75, 3.05) is 17.1 Å². The highest BCUT2D eigenvalue weighted by Gasteiger charge is 2.34. The van der Waals surface area contributed by atoms with Crippen LogP contribution >= 0.6 is 23.2 Å². The first-order chi connectivity index (χ1) is 18.9. The molecule has 0 aromatic heterocycles. The normalized spacial score (nSPS) is 12.8. The average molecular weight is 605 g/mol. The number of rotatable bonds is 12. The number of anilines is 1. The Balaban J connectivity index is 2.10. The van der Waals surface area contributed by atoms with Crippen molar-refractivity contribution in [3.8, 4) is 0 Å². The number of sulfonamides is 1. The van der Waals surface area contributed by atoms with Gasteiger partial charge in [0, 0.05) is 29.1 Å². The molecular weight excluding hydrogens is 569 g/mol. The maximum Gasteiger partial charge on any atom is 0.244 e. The van der Waals surface area contributed by atoms with Crippen LogP contribution in [0.4, 0.5) is 5.69 Å². The van der Waals surface area contributed by atoms with Crippen LogP contribution in [0.1, 0.15) is 37.0 Å². The Bertz CT molecular complexity index is 1430. The fraction of sp³-hybridized carbons (Fsp3) is 0.333. The maximum absolute atomic E-state index is 14.1. The minimum absolute atomic E-state index is 0.00998. The zero-order valence-electron chi connectivity index (χ0n) is 23.1. The van der Waals surface area contributed by atoms with E-state index >= 15 is 0 Å². The van der Waals surface area contributed by atoms with Crippen molar-refractivity contribution in [2.45, 2.75) is 52.2 Å². The molecule has 40 heavy (non-hydrogen) atoms. The Labute approximate surface area is 247 Å². The third-order valence-corrected chi connectivity index (χ3v) is 8.66. The molecule has 0 aliphatic carbocycles. The molecule has 0 aliphatic rings. The third kappa shape index (κ3) is 8.22. The van der Waals surface area contributed by atoms with Gasteiger partial charge in [0.15, 0.2) is 0 Å². The van der Waals surface area contributed by atoms with Gasteiger partial charge in [-0.1, -0.05) is 84.7 Å². The average Bonchev–Trinajstić information content (AvgIpc) is 2.91. The molecule has 0 saturated carbocycles. The van der Waals surface area contributed by atoms with E-state index in [4.69, 9.17) is 23.2 Å². The van der Waals surface area contributed by atoms with Crippen molar-refractivity contribution >= 4 is 50.7 Å². The number of halogens is 2. The highest BCUT2D eigenvalue weighted by molar-refractivity contribution is 7.92. The van der Waals surface area contributed by atoms with Crippen LogP contribution in [0.25, 0.3) is 0 Å². The zero-order valence-corrected chi connectivity index (χ0v) is 25.4. The van der Waals surface area contributed by atoms with Gasteiger partial charge in [0.2, 0.25) is 21.8 Å². The topological polar surface area (TPSA) is 86.8 Å². The lowest BCUT2D eigenvalue weighted by Crippen LogP contribution is -2.54. The largest absolute Gasteiger partial charge is 0.352 e. The fourth-order valence-electron chi connectivity index (χ4n) is 4.27. The quantitative estimate of drug-likeness (QED) is 0.291. The molecule has 0 radical (unpaired) electrons. The number of carbonyl (C=O) groups is 2. The van der Waals surface area contributed by atoms with Gasteiger partial charge in [-0.2, -0.15) is 0 Å². The predicted molar refractivity (Wildman–Crippen MR) is 162 cm³/mol. The standard InChI is InChI=1S/C30H35Cl2N3O4S/c1-5-21(2)33-30(37)28(18-23-12-7-6-8-13-23)34(19-24-14-9-10-15-26(24)32)29(36)20-35(40(4,38)39)27-17-11-16-25(31)22(27)3/h6-17,21,28H,5,18-20H2,1-4H3,(H,33,37). The smallest absolute Gasteiger partial charge is 0.244 e. The lowest BCUT2D eigenvalue weighted by Gasteiger charge is -2.34. The highest BCUT2D eigenvalue weighted by atomic mass is 35.5. The number of carbonyl (C=O) groups excluding carboxylic acids is 2. The van der Waals surface area contributed by atoms with E-state index in [1.54, 1.807) is 49.4 Å². The fourth-order valence-corrected chi connectivity index (χ4v) is 5.53. The number of nitrogens with zero attached hydrogens (tertiary/aromatic N) is 2. The summed E-state index contributed by atoms with van der Waals surface area (Å²) in [7, 11) is -3.89. The zero-order chi connectivity index (χ0) is 29.4. The van der Waals surface area contributed by atoms with Gasteiger partial charge >= 0.3 is 0 Å². The molecule has 0 bridgehead atoms. The van der Waals surface area contributed by atoms with Crippen LogP contribution in [0.2, 0.25) is 10.0 Å². The van der Waals surface area contributed by atoms with E-state index < -0.39 is 28.5 Å². The van der Waals surface area contributed by atoms with Gasteiger partial charge in [-0.15, -0.1) is 0 Å². The van der Waals surface area contributed by atoms with Crippen LogP contribution in [0, 0.1) is 6.92 Å². The molecule has 1 N–H and O–H groups in total. The summed E-state index contributed by atoms with van der Waals surface area (Å²) in [5.74, 6) is -0.881. The number of hydrogen-bond donors (Lipinski definition) is 1. The van der Waals surface area contributed by atoms with Crippen molar-refractivity contribution in [1.82, 2.24) is 10.2 Å². The molecular formula is C30H35Cl2N3O4S. The SMILES string of the molecule is CCC(C)NC(=O)C(Cc1ccccc1)N(Cc1ccccc1Cl)C(=O)CN(c1cccc(Cl)c1C)S(C)(=O)=O. The minimum Gasteiger partial charge on any atom is -0.352 e. The van der Waals surface area contributed by atoms with Gasteiger partial charge < -0.3 is 10.2 Å². The van der Waals surface area contributed by atoms with Gasteiger partial charge in [-0.25, -0.2) is 8.42 Å². The second-order valence-electron chi connectivity index (χ2n) is 9.79. The van der Waals surface area contributed by atoms with E-state index in [1.165, 1.54) is 4.90 Å². The van der Waals surface area contributed by atoms with Gasteiger partial charge in [0.05, 0.1) is 11.9 Å². The number of hydrogen-bond acceptors (Lipinski definition) is 4. The monoisotopic (exact) mass is 603 g/mol. The summed E-state index contributed by atoms with van der Waals surface area (Å²) >= 11 is 12.8. The van der Waals surface area contributed by atoms with E-state index in [2.05, 4.69) is 5.32 Å². The van der Waals surface area contributed by atoms with Crippen LogP contribution in [-0.4, -0.2) is 50.0 Å². The molecule has 0 heterocycles. The lowest BCUT2D eigenvalue weighted by atomic mass is 10.0. The summed E-state index contributed by atoms with van der Waals surface area (Å²) in [5.41, 5.74) is 2.31. The molecule has 0 aliphatic heterocycles. The van der Waals surface area contributed by atoms with E-state index in [-0.39, 0.29) is 24.9 Å². The molecule has 7 nitrogen and oxygen atoms in total. The molecule has 214 valence electrons. The van der Waals surface area contributed by atoms with E-state index in [9.17, 15) is 18.0 Å². The second kappa shape index (κ2) is 14.0. The third-order valence-electron chi connectivity index (χ3n) is 6.76. The van der Waals surface area contributed by atoms with Crippen molar-refractivity contribution < 1.29 is 18.0 Å². The van der Waals surface area contributed by atoms with Crippen LogP contribution in [0.15, 0.2) is 72.8 Å². The van der Waals surface area contributed by atoms with Crippen molar-refractivity contribution in [1.29, 1.82) is 0 Å². The molecule has 0 saturated heterocycles. The highest BCUT2D eigenvalue weighted by Crippen LogP contribution is 2.29. The minimum atomic E-state index is -3.89. The first kappa shape index (κ1) is 31.5. The van der Waals surface area contributed by atoms with Crippen LogP contribution < -0.4 is 9.62 Å². The molecule has 10 heteroatoms. The summed E-state index contributed by atoms with van der Waals surface area (Å²) in [6.45, 7) is 5.04. The van der Waals surface area contributed by atoms with Crippen LogP contribution in [0.5, 0.6) is 0 Å². The Morgan fingerprint density at radius 3 is 2.17 bits per heavy atom. The molecule has 2 unspecified atom stereocenters. The molecule has 0 spiro atoms. The Hall–Kier alpha value is -3.07. The maximum atomic E-state index is 14.1. The Morgan fingerprint density at radius 2 is 1.55 bits per heavy atom. The first-order valence-corrected chi connectivity index (χ1v) is 15.6. The molecule has 3 aromatic rings.